The predicted octanol–water partition coefficient (Wildman–Crippen LogP) is 1.54. The highest BCUT2D eigenvalue weighted by molar-refractivity contribution is 5.79. The van der Waals surface area contributed by atoms with Gasteiger partial charge in [-0.3, -0.25) is 0 Å². The summed E-state index contributed by atoms with van der Waals surface area (Å²) in [6.07, 6.45) is 6.38. The zero-order valence-corrected chi connectivity index (χ0v) is 10.0. The summed E-state index contributed by atoms with van der Waals surface area (Å²) in [5, 5.41) is 14.9. The summed E-state index contributed by atoms with van der Waals surface area (Å²) in [6.45, 7) is 3.09. The molecule has 16 heavy (non-hydrogen) atoms. The standard InChI is InChI=1S/C12H23N3O/c1-8(14-5-4-12(13)15-16)11-7-9-2-3-10(11)6-9/h8-11,14,16H,2-7H2,1H3,(H2,13,15). The van der Waals surface area contributed by atoms with E-state index in [4.69, 9.17) is 10.9 Å². The first-order chi connectivity index (χ1) is 7.70. The van der Waals surface area contributed by atoms with E-state index < -0.39 is 0 Å². The molecule has 0 aromatic rings. The van der Waals surface area contributed by atoms with Gasteiger partial charge < -0.3 is 16.3 Å². The molecule has 0 aromatic heterocycles. The molecule has 0 aromatic carbocycles. The van der Waals surface area contributed by atoms with E-state index in [-0.39, 0.29) is 0 Å². The molecule has 0 aliphatic heterocycles. The van der Waals surface area contributed by atoms with E-state index in [1.165, 1.54) is 25.7 Å². The van der Waals surface area contributed by atoms with Gasteiger partial charge in [0.2, 0.25) is 0 Å². The van der Waals surface area contributed by atoms with Gasteiger partial charge in [-0.1, -0.05) is 11.6 Å². The van der Waals surface area contributed by atoms with Gasteiger partial charge in [-0.25, -0.2) is 0 Å². The van der Waals surface area contributed by atoms with Gasteiger partial charge in [0.1, 0.15) is 5.84 Å². The summed E-state index contributed by atoms with van der Waals surface area (Å²) < 4.78 is 0. The SMILES string of the molecule is CC(NCCC(N)=NO)C1CC2CCC1C2. The minimum atomic E-state index is 0.313. The van der Waals surface area contributed by atoms with Crippen LogP contribution >= 0.6 is 0 Å². The summed E-state index contributed by atoms with van der Waals surface area (Å²) >= 11 is 0. The van der Waals surface area contributed by atoms with E-state index >= 15 is 0 Å². The highest BCUT2D eigenvalue weighted by Gasteiger charge is 2.41. The lowest BCUT2D eigenvalue weighted by Gasteiger charge is -2.28. The first-order valence-corrected chi connectivity index (χ1v) is 6.40. The fraction of sp³-hybridized carbons (Fsp3) is 0.917. The molecule has 2 rings (SSSR count). The molecule has 0 spiro atoms. The van der Waals surface area contributed by atoms with E-state index in [0.29, 0.717) is 18.3 Å². The smallest absolute Gasteiger partial charge is 0.140 e. The number of rotatable bonds is 5. The Morgan fingerprint density at radius 1 is 1.50 bits per heavy atom. The van der Waals surface area contributed by atoms with Crippen molar-refractivity contribution in [3.63, 3.8) is 0 Å². The van der Waals surface area contributed by atoms with Crippen molar-refractivity contribution < 1.29 is 5.21 Å². The third-order valence-electron chi connectivity index (χ3n) is 4.41. The van der Waals surface area contributed by atoms with Crippen molar-refractivity contribution >= 4 is 5.84 Å². The van der Waals surface area contributed by atoms with Crippen molar-refractivity contribution in [3.8, 4) is 0 Å². The van der Waals surface area contributed by atoms with Crippen LogP contribution in [0.1, 0.15) is 39.0 Å². The Bertz CT molecular complexity index is 267. The maximum Gasteiger partial charge on any atom is 0.140 e. The van der Waals surface area contributed by atoms with Crippen LogP contribution in [0.2, 0.25) is 0 Å². The van der Waals surface area contributed by atoms with Gasteiger partial charge in [0.05, 0.1) is 0 Å². The second-order valence-corrected chi connectivity index (χ2v) is 5.42. The molecule has 4 unspecified atom stereocenters. The van der Waals surface area contributed by atoms with Gasteiger partial charge in [0.25, 0.3) is 0 Å². The first-order valence-electron chi connectivity index (χ1n) is 6.40. The second-order valence-electron chi connectivity index (χ2n) is 5.42. The summed E-state index contributed by atoms with van der Waals surface area (Å²) in [6, 6.07) is 0.571. The molecular weight excluding hydrogens is 202 g/mol. The molecule has 2 aliphatic carbocycles. The number of fused-ring (bicyclic) bond motifs is 2. The van der Waals surface area contributed by atoms with Crippen molar-refractivity contribution in [2.75, 3.05) is 6.54 Å². The zero-order valence-electron chi connectivity index (χ0n) is 10.0. The minimum Gasteiger partial charge on any atom is -0.409 e. The maximum atomic E-state index is 8.43. The molecule has 2 aliphatic rings. The van der Waals surface area contributed by atoms with Crippen molar-refractivity contribution in [2.24, 2.45) is 28.6 Å². The van der Waals surface area contributed by atoms with Crippen molar-refractivity contribution in [1.82, 2.24) is 5.32 Å². The van der Waals surface area contributed by atoms with Gasteiger partial charge in [-0.05, 0) is 43.9 Å². The molecule has 2 fully saturated rings. The van der Waals surface area contributed by atoms with Crippen LogP contribution in [0.25, 0.3) is 0 Å². The molecule has 2 bridgehead atoms. The lowest BCUT2D eigenvalue weighted by molar-refractivity contribution is 0.261. The Balaban J connectivity index is 1.70. The molecule has 0 heterocycles. The largest absolute Gasteiger partial charge is 0.409 e. The summed E-state index contributed by atoms with van der Waals surface area (Å²) in [4.78, 5) is 0. The van der Waals surface area contributed by atoms with E-state index in [0.717, 1.165) is 24.3 Å². The van der Waals surface area contributed by atoms with Gasteiger partial charge in [0, 0.05) is 19.0 Å². The molecule has 2 saturated carbocycles. The quantitative estimate of drug-likeness (QED) is 0.288. The highest BCUT2D eigenvalue weighted by Crippen LogP contribution is 2.49. The number of amidine groups is 1. The molecule has 0 saturated heterocycles. The topological polar surface area (TPSA) is 70.6 Å². The van der Waals surface area contributed by atoms with E-state index in [1.807, 2.05) is 0 Å². The van der Waals surface area contributed by atoms with Crippen molar-refractivity contribution in [1.29, 1.82) is 0 Å². The highest BCUT2D eigenvalue weighted by atomic mass is 16.4. The molecule has 4 N–H and O–H groups in total. The van der Waals surface area contributed by atoms with Crippen LogP contribution in [0.4, 0.5) is 0 Å². The van der Waals surface area contributed by atoms with E-state index in [1.54, 1.807) is 0 Å². The average Bonchev–Trinajstić information content (AvgIpc) is 2.90. The second kappa shape index (κ2) is 5.04. The van der Waals surface area contributed by atoms with E-state index in [9.17, 15) is 0 Å². The Morgan fingerprint density at radius 3 is 2.88 bits per heavy atom. The lowest BCUT2D eigenvalue weighted by atomic mass is 9.84. The monoisotopic (exact) mass is 225 g/mol. The first kappa shape index (κ1) is 11.7. The van der Waals surface area contributed by atoms with Crippen LogP contribution in [0.5, 0.6) is 0 Å². The fourth-order valence-corrected chi connectivity index (χ4v) is 3.54. The zero-order chi connectivity index (χ0) is 11.5. The lowest BCUT2D eigenvalue weighted by Crippen LogP contribution is -2.37. The third kappa shape index (κ3) is 2.48. The number of nitrogens with zero attached hydrogens (tertiary/aromatic N) is 1. The Hall–Kier alpha value is -0.770. The summed E-state index contributed by atoms with van der Waals surface area (Å²) in [7, 11) is 0. The number of oxime groups is 1. The predicted molar refractivity (Wildman–Crippen MR) is 64.4 cm³/mol. The Morgan fingerprint density at radius 2 is 2.31 bits per heavy atom. The average molecular weight is 225 g/mol. The van der Waals surface area contributed by atoms with Crippen molar-refractivity contribution in [3.05, 3.63) is 0 Å². The van der Waals surface area contributed by atoms with Crippen LogP contribution in [0.3, 0.4) is 0 Å². The Labute approximate surface area is 97.3 Å². The van der Waals surface area contributed by atoms with Crippen LogP contribution in [-0.4, -0.2) is 23.6 Å². The summed E-state index contributed by atoms with van der Waals surface area (Å²) in [5.41, 5.74) is 5.43. The van der Waals surface area contributed by atoms with E-state index in [2.05, 4.69) is 17.4 Å². The number of nitrogens with two attached hydrogens (primary N) is 1. The molecule has 4 heteroatoms. The Kier molecular flexibility index (Phi) is 3.69. The van der Waals surface area contributed by atoms with Gasteiger partial charge in [-0.15, -0.1) is 0 Å². The number of hydrogen-bond acceptors (Lipinski definition) is 3. The van der Waals surface area contributed by atoms with Crippen LogP contribution in [0, 0.1) is 17.8 Å². The maximum absolute atomic E-state index is 8.43. The van der Waals surface area contributed by atoms with Crippen molar-refractivity contribution in [2.45, 2.75) is 45.1 Å². The number of nitrogens with one attached hydrogen (secondary N) is 1. The fourth-order valence-electron chi connectivity index (χ4n) is 3.54. The van der Waals surface area contributed by atoms with Gasteiger partial charge in [-0.2, -0.15) is 0 Å². The summed E-state index contributed by atoms with van der Waals surface area (Å²) in [5.74, 6) is 3.12. The third-order valence-corrected chi connectivity index (χ3v) is 4.41. The van der Waals surface area contributed by atoms with Gasteiger partial charge in [0.15, 0.2) is 0 Å². The number of hydrogen-bond donors (Lipinski definition) is 3. The molecule has 0 amide bonds. The van der Waals surface area contributed by atoms with Gasteiger partial charge >= 0.3 is 0 Å². The normalized spacial score (nSPS) is 35.6. The minimum absolute atomic E-state index is 0.313. The molecule has 4 nitrogen and oxygen atoms in total. The molecule has 4 atom stereocenters. The van der Waals surface area contributed by atoms with Crippen LogP contribution in [0.15, 0.2) is 5.16 Å². The molecular formula is C12H23N3O. The molecule has 0 radical (unpaired) electrons. The van der Waals surface area contributed by atoms with Crippen LogP contribution < -0.4 is 11.1 Å². The van der Waals surface area contributed by atoms with Crippen LogP contribution in [-0.2, 0) is 0 Å². The molecule has 92 valence electrons.